The third kappa shape index (κ3) is 4.96. The number of rotatable bonds is 6. The number of carbonyl (C=O) groups excluding carboxylic acids is 2. The first-order valence-electron chi connectivity index (χ1n) is 11.4. The van der Waals surface area contributed by atoms with Crippen molar-refractivity contribution >= 4 is 11.8 Å². The van der Waals surface area contributed by atoms with Gasteiger partial charge in [0.25, 0.3) is 5.91 Å². The summed E-state index contributed by atoms with van der Waals surface area (Å²) < 4.78 is 5.83. The van der Waals surface area contributed by atoms with Gasteiger partial charge in [0.2, 0.25) is 5.91 Å². The Bertz CT molecular complexity index is 970. The van der Waals surface area contributed by atoms with Crippen molar-refractivity contribution in [3.8, 4) is 5.75 Å². The molecular weight excluding hydrogens is 402 g/mol. The number of benzene rings is 2. The molecule has 4 rings (SSSR count). The van der Waals surface area contributed by atoms with Gasteiger partial charge in [0, 0.05) is 30.7 Å². The lowest BCUT2D eigenvalue weighted by molar-refractivity contribution is -0.127. The Morgan fingerprint density at radius 1 is 1.16 bits per heavy atom. The molecule has 2 aromatic rings. The Balaban J connectivity index is 1.47. The van der Waals surface area contributed by atoms with Crippen LogP contribution < -0.4 is 15.4 Å². The highest BCUT2D eigenvalue weighted by Crippen LogP contribution is 2.36. The van der Waals surface area contributed by atoms with Gasteiger partial charge >= 0.3 is 0 Å². The van der Waals surface area contributed by atoms with Crippen molar-refractivity contribution in [1.82, 2.24) is 15.5 Å². The van der Waals surface area contributed by atoms with Gasteiger partial charge in [-0.25, -0.2) is 0 Å². The van der Waals surface area contributed by atoms with Crippen molar-refractivity contribution in [2.75, 3.05) is 26.2 Å². The Morgan fingerprint density at radius 3 is 2.62 bits per heavy atom. The maximum absolute atomic E-state index is 13.3. The fourth-order valence-corrected chi connectivity index (χ4v) is 4.84. The molecule has 2 aromatic carbocycles. The molecule has 0 saturated carbocycles. The van der Waals surface area contributed by atoms with Crippen molar-refractivity contribution in [3.63, 3.8) is 0 Å². The SMILES string of the molecule is CC(C)(C)NC(=O)[C@@H]1CN(CCCOc2ccccc2)C[C@]12Cc1ccccc1C(=O)N2. The minimum atomic E-state index is -0.596. The van der Waals surface area contributed by atoms with Crippen LogP contribution in [-0.4, -0.2) is 54.0 Å². The van der Waals surface area contributed by atoms with Crippen LogP contribution in [0.3, 0.4) is 0 Å². The molecule has 0 aromatic heterocycles. The van der Waals surface area contributed by atoms with Gasteiger partial charge < -0.3 is 15.4 Å². The first-order chi connectivity index (χ1) is 15.3. The summed E-state index contributed by atoms with van der Waals surface area (Å²) in [7, 11) is 0. The van der Waals surface area contributed by atoms with Crippen LogP contribution in [0.25, 0.3) is 0 Å². The van der Waals surface area contributed by atoms with Crippen LogP contribution in [-0.2, 0) is 11.2 Å². The standard InChI is InChI=1S/C26H33N3O3/c1-25(2,3)27-24(31)22-17-29(14-9-15-32-20-11-5-4-6-12-20)18-26(22)16-19-10-7-8-13-21(19)23(30)28-26/h4-8,10-13,22H,9,14-18H2,1-3H3,(H,27,31)(H,28,30)/t22-,26+/m0/s1. The molecule has 170 valence electrons. The fourth-order valence-electron chi connectivity index (χ4n) is 4.84. The molecule has 1 spiro atoms. The molecule has 2 aliphatic heterocycles. The molecule has 0 aliphatic carbocycles. The summed E-state index contributed by atoms with van der Waals surface area (Å²) in [6, 6.07) is 17.5. The molecule has 1 saturated heterocycles. The number of hydrogen-bond donors (Lipinski definition) is 2. The van der Waals surface area contributed by atoms with Crippen LogP contribution >= 0.6 is 0 Å². The highest BCUT2D eigenvalue weighted by Gasteiger charge is 2.53. The summed E-state index contributed by atoms with van der Waals surface area (Å²) in [5.41, 5.74) is 0.800. The molecule has 2 heterocycles. The van der Waals surface area contributed by atoms with E-state index in [4.69, 9.17) is 4.74 Å². The van der Waals surface area contributed by atoms with Crippen molar-refractivity contribution in [2.24, 2.45) is 5.92 Å². The fraction of sp³-hybridized carbons (Fsp3) is 0.462. The zero-order valence-corrected chi connectivity index (χ0v) is 19.2. The normalized spacial score (nSPS) is 23.0. The number of hydrogen-bond acceptors (Lipinski definition) is 4. The minimum absolute atomic E-state index is 0.000201. The molecule has 2 amide bonds. The van der Waals surface area contributed by atoms with Gasteiger partial charge in [-0.3, -0.25) is 14.5 Å². The quantitative estimate of drug-likeness (QED) is 0.685. The van der Waals surface area contributed by atoms with E-state index < -0.39 is 5.54 Å². The zero-order chi connectivity index (χ0) is 22.8. The minimum Gasteiger partial charge on any atom is -0.494 e. The maximum Gasteiger partial charge on any atom is 0.252 e. The van der Waals surface area contributed by atoms with E-state index in [9.17, 15) is 9.59 Å². The number of carbonyl (C=O) groups is 2. The van der Waals surface area contributed by atoms with Gasteiger partial charge in [0.05, 0.1) is 18.1 Å². The van der Waals surface area contributed by atoms with Crippen molar-refractivity contribution in [1.29, 1.82) is 0 Å². The van der Waals surface area contributed by atoms with E-state index in [-0.39, 0.29) is 23.3 Å². The first-order valence-corrected chi connectivity index (χ1v) is 11.4. The van der Waals surface area contributed by atoms with Crippen LogP contribution in [0, 0.1) is 5.92 Å². The second kappa shape index (κ2) is 8.94. The van der Waals surface area contributed by atoms with Gasteiger partial charge in [0.1, 0.15) is 5.75 Å². The molecular formula is C26H33N3O3. The Kier molecular flexibility index (Phi) is 6.24. The number of likely N-dealkylation sites (tertiary alicyclic amines) is 1. The average Bonchev–Trinajstić information content (AvgIpc) is 3.08. The molecule has 0 bridgehead atoms. The van der Waals surface area contributed by atoms with Crippen LogP contribution in [0.2, 0.25) is 0 Å². The summed E-state index contributed by atoms with van der Waals surface area (Å²) in [6.07, 6.45) is 1.51. The van der Waals surface area contributed by atoms with Gasteiger partial charge in [-0.2, -0.15) is 0 Å². The van der Waals surface area contributed by atoms with Crippen LogP contribution in [0.4, 0.5) is 0 Å². The molecule has 2 N–H and O–H groups in total. The third-order valence-electron chi connectivity index (χ3n) is 6.19. The van der Waals surface area contributed by atoms with Gasteiger partial charge in [-0.15, -0.1) is 0 Å². The monoisotopic (exact) mass is 435 g/mol. The number of fused-ring (bicyclic) bond motifs is 1. The highest BCUT2D eigenvalue weighted by atomic mass is 16.5. The number of nitrogens with zero attached hydrogens (tertiary/aromatic N) is 1. The van der Waals surface area contributed by atoms with E-state index in [1.807, 2.05) is 75.4 Å². The van der Waals surface area contributed by atoms with Crippen molar-refractivity contribution in [3.05, 3.63) is 65.7 Å². The summed E-state index contributed by atoms with van der Waals surface area (Å²) in [6.45, 7) is 8.66. The van der Waals surface area contributed by atoms with E-state index in [1.54, 1.807) is 0 Å². The number of amides is 2. The summed E-state index contributed by atoms with van der Waals surface area (Å²) in [5.74, 6) is 0.466. The second-order valence-corrected chi connectivity index (χ2v) is 9.99. The van der Waals surface area contributed by atoms with E-state index >= 15 is 0 Å². The summed E-state index contributed by atoms with van der Waals surface area (Å²) in [5, 5.41) is 6.38. The Labute approximate surface area is 190 Å². The van der Waals surface area contributed by atoms with Gasteiger partial charge in [0.15, 0.2) is 0 Å². The van der Waals surface area contributed by atoms with Crippen LogP contribution in [0.15, 0.2) is 54.6 Å². The second-order valence-electron chi connectivity index (χ2n) is 9.99. The Hall–Kier alpha value is -2.86. The predicted molar refractivity (Wildman–Crippen MR) is 125 cm³/mol. The lowest BCUT2D eigenvalue weighted by atomic mass is 9.76. The topological polar surface area (TPSA) is 70.7 Å². The molecule has 2 atom stereocenters. The molecule has 2 aliphatic rings. The van der Waals surface area contributed by atoms with Gasteiger partial charge in [-0.1, -0.05) is 36.4 Å². The smallest absolute Gasteiger partial charge is 0.252 e. The third-order valence-corrected chi connectivity index (χ3v) is 6.19. The Morgan fingerprint density at radius 2 is 1.88 bits per heavy atom. The molecule has 6 heteroatoms. The summed E-state index contributed by atoms with van der Waals surface area (Å²) >= 11 is 0. The molecule has 0 radical (unpaired) electrons. The van der Waals surface area contributed by atoms with E-state index in [0.717, 1.165) is 24.3 Å². The van der Waals surface area contributed by atoms with Crippen LogP contribution in [0.1, 0.15) is 43.1 Å². The number of nitrogens with one attached hydrogen (secondary N) is 2. The van der Waals surface area contributed by atoms with Crippen LogP contribution in [0.5, 0.6) is 5.75 Å². The van der Waals surface area contributed by atoms with Crippen molar-refractivity contribution in [2.45, 2.75) is 44.7 Å². The average molecular weight is 436 g/mol. The number of para-hydroxylation sites is 1. The predicted octanol–water partition coefficient (Wildman–Crippen LogP) is 3.03. The maximum atomic E-state index is 13.3. The number of ether oxygens (including phenoxy) is 1. The summed E-state index contributed by atoms with van der Waals surface area (Å²) in [4.78, 5) is 28.5. The van der Waals surface area contributed by atoms with E-state index in [2.05, 4.69) is 15.5 Å². The largest absolute Gasteiger partial charge is 0.494 e. The highest BCUT2D eigenvalue weighted by molar-refractivity contribution is 5.98. The van der Waals surface area contributed by atoms with E-state index in [1.165, 1.54) is 0 Å². The zero-order valence-electron chi connectivity index (χ0n) is 19.2. The molecule has 0 unspecified atom stereocenters. The lowest BCUT2D eigenvalue weighted by Gasteiger charge is -2.40. The first kappa shape index (κ1) is 22.3. The van der Waals surface area contributed by atoms with E-state index in [0.29, 0.717) is 31.7 Å². The van der Waals surface area contributed by atoms with Gasteiger partial charge in [-0.05, 0) is 57.4 Å². The molecule has 6 nitrogen and oxygen atoms in total. The molecule has 1 fully saturated rings. The molecule has 32 heavy (non-hydrogen) atoms. The van der Waals surface area contributed by atoms with Crippen molar-refractivity contribution < 1.29 is 14.3 Å². The lowest BCUT2D eigenvalue weighted by Crippen LogP contribution is -2.62.